The first-order valence-corrected chi connectivity index (χ1v) is 12.6. The van der Waals surface area contributed by atoms with E-state index in [0.29, 0.717) is 12.1 Å². The third-order valence-corrected chi connectivity index (χ3v) is 7.68. The molecule has 3 aliphatic heterocycles. The molecule has 0 aromatic heterocycles. The Hall–Kier alpha value is -2.66. The Morgan fingerprint density at radius 3 is 2.36 bits per heavy atom. The lowest BCUT2D eigenvalue weighted by Crippen LogP contribution is -2.53. The standard InChI is InChI=1S/C28H35N3O2/c1-20(2)30-16-5-6-25(19-30)31-17-13-24-18-23(11-12-26(24)28(31)33)21-7-9-22(10-8-21)27(32)29-14-3-4-15-29/h7-12,18,20,25H,3-6,13-17,19H2,1-2H3/t25-/m1/s1. The molecule has 0 unspecified atom stereocenters. The summed E-state index contributed by atoms with van der Waals surface area (Å²) in [6.45, 7) is 9.14. The second-order valence-electron chi connectivity index (χ2n) is 10.1. The van der Waals surface area contributed by atoms with Gasteiger partial charge in [0.1, 0.15) is 0 Å². The minimum atomic E-state index is 0.133. The second kappa shape index (κ2) is 9.30. The first-order valence-electron chi connectivity index (χ1n) is 12.6. The van der Waals surface area contributed by atoms with Crippen molar-refractivity contribution >= 4 is 11.8 Å². The number of rotatable bonds is 4. The molecule has 0 radical (unpaired) electrons. The lowest BCUT2D eigenvalue weighted by molar-refractivity contribution is 0.0480. The van der Waals surface area contributed by atoms with Crippen LogP contribution in [0.25, 0.3) is 11.1 Å². The molecule has 2 aromatic rings. The van der Waals surface area contributed by atoms with Gasteiger partial charge in [-0.1, -0.05) is 24.3 Å². The molecule has 3 aliphatic rings. The minimum Gasteiger partial charge on any atom is -0.339 e. The second-order valence-corrected chi connectivity index (χ2v) is 10.1. The molecule has 5 nitrogen and oxygen atoms in total. The van der Waals surface area contributed by atoms with Crippen LogP contribution in [0, 0.1) is 0 Å². The molecule has 0 N–H and O–H groups in total. The number of likely N-dealkylation sites (tertiary alicyclic amines) is 2. The van der Waals surface area contributed by atoms with Gasteiger partial charge in [0.25, 0.3) is 11.8 Å². The summed E-state index contributed by atoms with van der Waals surface area (Å²) in [6, 6.07) is 15.0. The van der Waals surface area contributed by atoms with Crippen molar-refractivity contribution in [2.75, 3.05) is 32.7 Å². The molecule has 0 saturated carbocycles. The van der Waals surface area contributed by atoms with Gasteiger partial charge in [-0.05, 0) is 87.4 Å². The SMILES string of the molecule is CC(C)N1CCC[C@@H](N2CCc3cc(-c4ccc(C(=O)N5CCCC5)cc4)ccc3C2=O)C1. The Balaban J connectivity index is 1.31. The Kier molecular flexibility index (Phi) is 6.24. The number of hydrogen-bond donors (Lipinski definition) is 0. The number of amides is 2. The van der Waals surface area contributed by atoms with Crippen LogP contribution < -0.4 is 0 Å². The maximum atomic E-state index is 13.4. The number of hydrogen-bond acceptors (Lipinski definition) is 3. The van der Waals surface area contributed by atoms with Gasteiger partial charge in [-0.25, -0.2) is 0 Å². The highest BCUT2D eigenvalue weighted by molar-refractivity contribution is 5.98. The number of benzene rings is 2. The zero-order valence-corrected chi connectivity index (χ0v) is 19.9. The smallest absolute Gasteiger partial charge is 0.254 e. The topological polar surface area (TPSA) is 43.9 Å². The zero-order chi connectivity index (χ0) is 22.9. The van der Waals surface area contributed by atoms with Crippen LogP contribution in [0.1, 0.15) is 65.8 Å². The third-order valence-electron chi connectivity index (χ3n) is 7.68. The van der Waals surface area contributed by atoms with Gasteiger partial charge >= 0.3 is 0 Å². The van der Waals surface area contributed by atoms with Crippen molar-refractivity contribution in [1.82, 2.24) is 14.7 Å². The highest BCUT2D eigenvalue weighted by Crippen LogP contribution is 2.29. The molecular formula is C28H35N3O2. The molecule has 5 rings (SSSR count). The van der Waals surface area contributed by atoms with Crippen molar-refractivity contribution in [3.8, 4) is 11.1 Å². The predicted molar refractivity (Wildman–Crippen MR) is 131 cm³/mol. The van der Waals surface area contributed by atoms with Crippen molar-refractivity contribution in [2.45, 2.75) is 58.0 Å². The van der Waals surface area contributed by atoms with Crippen LogP contribution in [-0.4, -0.2) is 71.3 Å². The van der Waals surface area contributed by atoms with Crippen molar-refractivity contribution in [3.05, 3.63) is 59.2 Å². The molecule has 0 bridgehead atoms. The molecule has 0 aliphatic carbocycles. The maximum Gasteiger partial charge on any atom is 0.254 e. The Morgan fingerprint density at radius 2 is 1.64 bits per heavy atom. The van der Waals surface area contributed by atoms with E-state index in [1.165, 1.54) is 0 Å². The molecule has 1 atom stereocenters. The molecule has 5 heteroatoms. The van der Waals surface area contributed by atoms with E-state index in [9.17, 15) is 9.59 Å². The van der Waals surface area contributed by atoms with Gasteiger partial charge < -0.3 is 9.80 Å². The van der Waals surface area contributed by atoms with Gasteiger partial charge in [-0.2, -0.15) is 0 Å². The highest BCUT2D eigenvalue weighted by Gasteiger charge is 2.33. The average Bonchev–Trinajstić information content (AvgIpc) is 3.39. The molecule has 174 valence electrons. The maximum absolute atomic E-state index is 13.4. The van der Waals surface area contributed by atoms with E-state index >= 15 is 0 Å². The molecule has 2 amide bonds. The highest BCUT2D eigenvalue weighted by atomic mass is 16.2. The van der Waals surface area contributed by atoms with Gasteiger partial charge in [-0.15, -0.1) is 0 Å². The average molecular weight is 446 g/mol. The molecular weight excluding hydrogens is 410 g/mol. The van der Waals surface area contributed by atoms with Crippen molar-refractivity contribution in [1.29, 1.82) is 0 Å². The van der Waals surface area contributed by atoms with Crippen LogP contribution >= 0.6 is 0 Å². The van der Waals surface area contributed by atoms with Gasteiger partial charge in [-0.3, -0.25) is 14.5 Å². The van der Waals surface area contributed by atoms with E-state index in [1.807, 2.05) is 35.2 Å². The van der Waals surface area contributed by atoms with E-state index < -0.39 is 0 Å². The van der Waals surface area contributed by atoms with Crippen LogP contribution in [0.3, 0.4) is 0 Å². The summed E-state index contributed by atoms with van der Waals surface area (Å²) in [5.41, 5.74) is 4.95. The molecule has 3 heterocycles. The van der Waals surface area contributed by atoms with Crippen LogP contribution in [-0.2, 0) is 6.42 Å². The van der Waals surface area contributed by atoms with Gasteiger partial charge in [0.05, 0.1) is 0 Å². The van der Waals surface area contributed by atoms with Crippen LogP contribution in [0.5, 0.6) is 0 Å². The quantitative estimate of drug-likeness (QED) is 0.698. The van der Waals surface area contributed by atoms with Crippen LogP contribution in [0.2, 0.25) is 0 Å². The Morgan fingerprint density at radius 1 is 0.909 bits per heavy atom. The van der Waals surface area contributed by atoms with Crippen molar-refractivity contribution < 1.29 is 9.59 Å². The zero-order valence-electron chi connectivity index (χ0n) is 19.9. The molecule has 2 fully saturated rings. The first-order chi connectivity index (χ1) is 16.0. The lowest BCUT2D eigenvalue weighted by atomic mass is 9.92. The number of carbonyl (C=O) groups excluding carboxylic acids is 2. The molecule has 33 heavy (non-hydrogen) atoms. The Labute approximate surface area is 197 Å². The minimum absolute atomic E-state index is 0.133. The van der Waals surface area contributed by atoms with E-state index in [2.05, 4.69) is 35.8 Å². The molecule has 0 spiro atoms. The normalized spacial score (nSPS) is 21.5. The summed E-state index contributed by atoms with van der Waals surface area (Å²) >= 11 is 0. The number of fused-ring (bicyclic) bond motifs is 1. The van der Waals surface area contributed by atoms with Gasteiger partial charge in [0.2, 0.25) is 0 Å². The summed E-state index contributed by atoms with van der Waals surface area (Å²) < 4.78 is 0. The summed E-state index contributed by atoms with van der Waals surface area (Å²) in [4.78, 5) is 32.5. The van der Waals surface area contributed by atoms with Gasteiger partial charge in [0, 0.05) is 49.4 Å². The summed E-state index contributed by atoms with van der Waals surface area (Å²) in [7, 11) is 0. The number of nitrogens with zero attached hydrogens (tertiary/aromatic N) is 3. The number of piperidine rings is 1. The van der Waals surface area contributed by atoms with E-state index in [4.69, 9.17) is 0 Å². The fourth-order valence-corrected chi connectivity index (χ4v) is 5.65. The van der Waals surface area contributed by atoms with E-state index in [-0.39, 0.29) is 11.8 Å². The fourth-order valence-electron chi connectivity index (χ4n) is 5.65. The molecule has 2 saturated heterocycles. The number of carbonyl (C=O) groups is 2. The van der Waals surface area contributed by atoms with Gasteiger partial charge in [0.15, 0.2) is 0 Å². The van der Waals surface area contributed by atoms with Crippen LogP contribution in [0.15, 0.2) is 42.5 Å². The summed E-state index contributed by atoms with van der Waals surface area (Å²) in [5, 5.41) is 0. The van der Waals surface area contributed by atoms with E-state index in [1.54, 1.807) is 0 Å². The summed E-state index contributed by atoms with van der Waals surface area (Å²) in [6.07, 6.45) is 5.37. The monoisotopic (exact) mass is 445 g/mol. The van der Waals surface area contributed by atoms with Crippen LogP contribution in [0.4, 0.5) is 0 Å². The predicted octanol–water partition coefficient (Wildman–Crippen LogP) is 4.46. The van der Waals surface area contributed by atoms with Crippen molar-refractivity contribution in [2.24, 2.45) is 0 Å². The van der Waals surface area contributed by atoms with E-state index in [0.717, 1.165) is 92.6 Å². The first kappa shape index (κ1) is 22.1. The molecule has 2 aromatic carbocycles. The lowest BCUT2D eigenvalue weighted by Gasteiger charge is -2.42. The fraction of sp³-hybridized carbons (Fsp3) is 0.500. The van der Waals surface area contributed by atoms with Crippen molar-refractivity contribution in [3.63, 3.8) is 0 Å². The summed E-state index contributed by atoms with van der Waals surface area (Å²) in [5.74, 6) is 0.318. The third kappa shape index (κ3) is 4.43. The Bertz CT molecular complexity index is 1020. The largest absolute Gasteiger partial charge is 0.339 e.